The predicted octanol–water partition coefficient (Wildman–Crippen LogP) is 9.93. The molecule has 0 heterocycles. The first kappa shape index (κ1) is 27.1. The van der Waals surface area contributed by atoms with E-state index in [1.165, 1.54) is 12.1 Å². The third kappa shape index (κ3) is 6.89. The second-order valence-corrected chi connectivity index (χ2v) is 10.1. The maximum absolute atomic E-state index is 13.1. The third-order valence-corrected chi connectivity index (χ3v) is 6.61. The molecule has 4 rings (SSSR count). The quantitative estimate of drug-likeness (QED) is 0.215. The number of ketones is 1. The van der Waals surface area contributed by atoms with Crippen LogP contribution in [0.3, 0.4) is 0 Å². The number of rotatable bonds is 8. The summed E-state index contributed by atoms with van der Waals surface area (Å²) in [5.41, 5.74) is 5.85. The van der Waals surface area contributed by atoms with Gasteiger partial charge < -0.3 is 0 Å². The van der Waals surface area contributed by atoms with Crippen LogP contribution in [0.5, 0.6) is 0 Å². The lowest BCUT2D eigenvalue weighted by molar-refractivity contribution is -0.137. The van der Waals surface area contributed by atoms with Crippen LogP contribution in [-0.2, 0) is 11.0 Å². The van der Waals surface area contributed by atoms with E-state index in [1.54, 1.807) is 6.92 Å². The summed E-state index contributed by atoms with van der Waals surface area (Å²) in [5, 5.41) is 0. The Kier molecular flexibility index (Phi) is 8.31. The Morgan fingerprint density at radius 3 is 1.84 bits per heavy atom. The summed E-state index contributed by atoms with van der Waals surface area (Å²) in [4.78, 5) is 12.6. The van der Waals surface area contributed by atoms with Crippen molar-refractivity contribution >= 4 is 17.9 Å². The molecule has 4 aromatic carbocycles. The van der Waals surface area contributed by atoms with Crippen molar-refractivity contribution in [1.82, 2.24) is 0 Å². The van der Waals surface area contributed by atoms with Gasteiger partial charge in [0.25, 0.3) is 0 Å². The van der Waals surface area contributed by atoms with Crippen LogP contribution in [0, 0.1) is 5.92 Å². The highest BCUT2D eigenvalue weighted by atomic mass is 19.4. The van der Waals surface area contributed by atoms with Crippen LogP contribution in [0.1, 0.15) is 55.4 Å². The van der Waals surface area contributed by atoms with E-state index in [0.29, 0.717) is 17.9 Å². The van der Waals surface area contributed by atoms with Gasteiger partial charge in [-0.3, -0.25) is 4.79 Å². The fraction of sp³-hybridized carbons (Fsp3) is 0.206. The fourth-order valence-corrected chi connectivity index (χ4v) is 4.61. The van der Waals surface area contributed by atoms with Gasteiger partial charge in [0.2, 0.25) is 0 Å². The summed E-state index contributed by atoms with van der Waals surface area (Å²) < 4.78 is 39.3. The zero-order valence-electron chi connectivity index (χ0n) is 21.8. The topological polar surface area (TPSA) is 17.1 Å². The highest BCUT2D eigenvalue weighted by Gasteiger charge is 2.30. The molecule has 0 aromatic heterocycles. The number of alkyl halides is 3. The summed E-state index contributed by atoms with van der Waals surface area (Å²) in [6.07, 6.45) is 0.314. The monoisotopic (exact) mass is 512 g/mol. The summed E-state index contributed by atoms with van der Waals surface area (Å²) in [6.45, 7) is 5.76. The molecule has 194 valence electrons. The minimum Gasteiger partial charge on any atom is -0.299 e. The molecule has 4 heteroatoms. The van der Waals surface area contributed by atoms with E-state index in [2.05, 4.69) is 50.2 Å². The van der Waals surface area contributed by atoms with E-state index < -0.39 is 11.7 Å². The number of halogens is 3. The van der Waals surface area contributed by atoms with E-state index in [1.807, 2.05) is 48.6 Å². The van der Waals surface area contributed by atoms with Gasteiger partial charge in [-0.25, -0.2) is 0 Å². The second-order valence-electron chi connectivity index (χ2n) is 10.1. The van der Waals surface area contributed by atoms with E-state index in [0.717, 1.165) is 45.5 Å². The Bertz CT molecular complexity index is 1400. The minimum absolute atomic E-state index is 0.0784. The predicted molar refractivity (Wildman–Crippen MR) is 151 cm³/mol. The maximum Gasteiger partial charge on any atom is 0.416 e. The van der Waals surface area contributed by atoms with Gasteiger partial charge >= 0.3 is 6.18 Å². The summed E-state index contributed by atoms with van der Waals surface area (Å²) >= 11 is 0. The lowest BCUT2D eigenvalue weighted by Crippen LogP contribution is -2.12. The normalized spacial score (nSPS) is 12.7. The molecule has 0 aliphatic rings. The summed E-state index contributed by atoms with van der Waals surface area (Å²) in [7, 11) is 0. The maximum atomic E-state index is 13.1. The van der Waals surface area contributed by atoms with Crippen molar-refractivity contribution in [3.05, 3.63) is 119 Å². The van der Waals surface area contributed by atoms with E-state index in [4.69, 9.17) is 0 Å². The average molecular weight is 513 g/mol. The van der Waals surface area contributed by atoms with Gasteiger partial charge in [0.15, 0.2) is 0 Å². The van der Waals surface area contributed by atoms with Crippen molar-refractivity contribution < 1.29 is 18.0 Å². The Morgan fingerprint density at radius 2 is 1.26 bits per heavy atom. The molecule has 0 radical (unpaired) electrons. The largest absolute Gasteiger partial charge is 0.416 e. The average Bonchev–Trinajstić information content (AvgIpc) is 2.90. The molecule has 0 amide bonds. The molecule has 1 nitrogen and oxygen atoms in total. The van der Waals surface area contributed by atoms with Crippen LogP contribution in [0.2, 0.25) is 0 Å². The van der Waals surface area contributed by atoms with Gasteiger partial charge in [0, 0.05) is 5.92 Å². The Labute approximate surface area is 222 Å². The van der Waals surface area contributed by atoms with E-state index in [-0.39, 0.29) is 11.7 Å². The van der Waals surface area contributed by atoms with Crippen molar-refractivity contribution in [2.75, 3.05) is 0 Å². The Morgan fingerprint density at radius 1 is 0.711 bits per heavy atom. The molecule has 0 bridgehead atoms. The lowest BCUT2D eigenvalue weighted by Gasteiger charge is -2.19. The standard InChI is InChI=1S/C34H31F3O/c1-23(2)19-33(24(3)38)31-21-26(20-30(22-31)29-15-17-32(18-16-29)34(35,36)37)10-9-25-11-13-28(14-12-25)27-7-5-4-6-8-27/h4-18,20-23,33H,19H2,1-3H3. The van der Waals surface area contributed by atoms with Crippen LogP contribution in [0.15, 0.2) is 97.1 Å². The number of carbonyl (C=O) groups is 1. The molecule has 4 aromatic rings. The molecule has 1 atom stereocenters. The zero-order valence-corrected chi connectivity index (χ0v) is 21.8. The molecule has 0 aliphatic carbocycles. The fourth-order valence-electron chi connectivity index (χ4n) is 4.61. The highest BCUT2D eigenvalue weighted by Crippen LogP contribution is 2.34. The van der Waals surface area contributed by atoms with E-state index in [9.17, 15) is 18.0 Å². The summed E-state index contributed by atoms with van der Waals surface area (Å²) in [5.74, 6) is 0.122. The first-order valence-corrected chi connectivity index (χ1v) is 12.8. The molecule has 0 saturated heterocycles. The number of Topliss-reactive ketones (excluding diaryl/α,β-unsaturated/α-hetero) is 1. The van der Waals surface area contributed by atoms with E-state index >= 15 is 0 Å². The molecule has 0 spiro atoms. The van der Waals surface area contributed by atoms with Crippen molar-refractivity contribution in [1.29, 1.82) is 0 Å². The van der Waals surface area contributed by atoms with Crippen LogP contribution in [-0.4, -0.2) is 5.78 Å². The molecule has 0 saturated carbocycles. The zero-order chi connectivity index (χ0) is 27.3. The van der Waals surface area contributed by atoms with Crippen molar-refractivity contribution in [2.24, 2.45) is 5.92 Å². The molecular weight excluding hydrogens is 481 g/mol. The second kappa shape index (κ2) is 11.6. The number of hydrogen-bond donors (Lipinski definition) is 0. The minimum atomic E-state index is -4.39. The summed E-state index contributed by atoms with van der Waals surface area (Å²) in [6, 6.07) is 29.5. The molecule has 38 heavy (non-hydrogen) atoms. The Balaban J connectivity index is 1.70. The molecule has 0 aliphatic heterocycles. The van der Waals surface area contributed by atoms with Gasteiger partial charge in [0.05, 0.1) is 5.56 Å². The first-order valence-electron chi connectivity index (χ1n) is 12.8. The van der Waals surface area contributed by atoms with Crippen molar-refractivity contribution in [3.8, 4) is 22.3 Å². The van der Waals surface area contributed by atoms with Gasteiger partial charge in [-0.1, -0.05) is 105 Å². The third-order valence-electron chi connectivity index (χ3n) is 6.61. The van der Waals surface area contributed by atoms with Crippen LogP contribution in [0.25, 0.3) is 34.4 Å². The van der Waals surface area contributed by atoms with Crippen LogP contribution < -0.4 is 0 Å². The first-order chi connectivity index (χ1) is 18.1. The van der Waals surface area contributed by atoms with Gasteiger partial charge in [0.1, 0.15) is 5.78 Å². The van der Waals surface area contributed by atoms with Crippen LogP contribution in [0.4, 0.5) is 13.2 Å². The molecule has 1 unspecified atom stereocenters. The van der Waals surface area contributed by atoms with Gasteiger partial charge in [-0.05, 0) is 76.4 Å². The van der Waals surface area contributed by atoms with Gasteiger partial charge in [-0.15, -0.1) is 0 Å². The van der Waals surface area contributed by atoms with Gasteiger partial charge in [-0.2, -0.15) is 13.2 Å². The van der Waals surface area contributed by atoms with Crippen molar-refractivity contribution in [2.45, 2.75) is 39.3 Å². The smallest absolute Gasteiger partial charge is 0.299 e. The molecule has 0 fully saturated rings. The molecule has 0 N–H and O–H groups in total. The lowest BCUT2D eigenvalue weighted by atomic mass is 9.85. The van der Waals surface area contributed by atoms with Crippen LogP contribution >= 0.6 is 0 Å². The van der Waals surface area contributed by atoms with Crippen molar-refractivity contribution in [3.63, 3.8) is 0 Å². The SMILES string of the molecule is CC(=O)C(CC(C)C)c1cc(C=Cc2ccc(-c3ccccc3)cc2)cc(-c2ccc(C(F)(F)F)cc2)c1. The number of hydrogen-bond acceptors (Lipinski definition) is 1. The number of benzene rings is 4. The molecular formula is C34H31F3O. The Hall–Kier alpha value is -3.92. The number of carbonyl (C=O) groups excluding carboxylic acids is 1. The highest BCUT2D eigenvalue weighted by molar-refractivity contribution is 5.85.